The lowest BCUT2D eigenvalue weighted by Gasteiger charge is -2.10. The predicted octanol–water partition coefficient (Wildman–Crippen LogP) is 2.98. The molecule has 0 saturated heterocycles. The highest BCUT2D eigenvalue weighted by molar-refractivity contribution is 5.56. The van der Waals surface area contributed by atoms with Crippen LogP contribution in [0.1, 0.15) is 32.1 Å². The number of anilines is 1. The third-order valence-corrected chi connectivity index (χ3v) is 3.30. The highest BCUT2D eigenvalue weighted by Gasteiger charge is 2.16. The van der Waals surface area contributed by atoms with E-state index in [9.17, 15) is 10.1 Å². The molecule has 1 N–H and O–H groups in total. The summed E-state index contributed by atoms with van der Waals surface area (Å²) in [5, 5.41) is 13.9. The average Bonchev–Trinajstić information content (AvgIpc) is 2.82. The number of aromatic nitrogens is 1. The molecule has 1 aliphatic carbocycles. The molecule has 1 heterocycles. The second-order valence-electron chi connectivity index (χ2n) is 4.50. The van der Waals surface area contributed by atoms with E-state index in [0.29, 0.717) is 5.69 Å². The maximum Gasteiger partial charge on any atom is 0.386 e. The third kappa shape index (κ3) is 3.15. The minimum absolute atomic E-state index is 0.0843. The summed E-state index contributed by atoms with van der Waals surface area (Å²) in [4.78, 5) is 14.1. The van der Waals surface area contributed by atoms with Crippen molar-refractivity contribution < 1.29 is 4.92 Å². The van der Waals surface area contributed by atoms with Crippen LogP contribution in [0.5, 0.6) is 0 Å². The van der Waals surface area contributed by atoms with Crippen molar-refractivity contribution in [3.63, 3.8) is 0 Å². The summed E-state index contributed by atoms with van der Waals surface area (Å²) < 4.78 is 0. The largest absolute Gasteiger partial charge is 0.386 e. The molecule has 1 saturated carbocycles. The van der Waals surface area contributed by atoms with Gasteiger partial charge in [-0.05, 0) is 34.4 Å². The number of hydrogen-bond acceptors (Lipinski definition) is 4. The molecular formula is C12H17N3O2. The van der Waals surface area contributed by atoms with Crippen molar-refractivity contribution >= 4 is 11.5 Å². The van der Waals surface area contributed by atoms with E-state index < -0.39 is 4.92 Å². The Morgan fingerprint density at radius 3 is 2.94 bits per heavy atom. The van der Waals surface area contributed by atoms with E-state index in [1.807, 2.05) is 0 Å². The van der Waals surface area contributed by atoms with Gasteiger partial charge in [-0.2, -0.15) is 0 Å². The van der Waals surface area contributed by atoms with E-state index in [4.69, 9.17) is 0 Å². The molecule has 1 aromatic heterocycles. The highest BCUT2D eigenvalue weighted by Crippen LogP contribution is 2.28. The van der Waals surface area contributed by atoms with Gasteiger partial charge < -0.3 is 15.4 Å². The van der Waals surface area contributed by atoms with Gasteiger partial charge in [-0.3, -0.25) is 0 Å². The van der Waals surface area contributed by atoms with Crippen LogP contribution in [0.2, 0.25) is 0 Å². The first-order chi connectivity index (χ1) is 8.27. The maximum atomic E-state index is 10.7. The van der Waals surface area contributed by atoms with Crippen LogP contribution in [0.4, 0.5) is 11.5 Å². The van der Waals surface area contributed by atoms with Crippen molar-refractivity contribution in [1.82, 2.24) is 4.98 Å². The molecule has 92 valence electrons. The smallest absolute Gasteiger partial charge is 0.378 e. The van der Waals surface area contributed by atoms with Gasteiger partial charge in [0.1, 0.15) is 11.9 Å². The Kier molecular flexibility index (Phi) is 3.90. The molecule has 0 bridgehead atoms. The van der Waals surface area contributed by atoms with Gasteiger partial charge in [-0.1, -0.05) is 25.7 Å². The van der Waals surface area contributed by atoms with E-state index >= 15 is 0 Å². The Balaban J connectivity index is 1.87. The molecule has 1 aromatic rings. The van der Waals surface area contributed by atoms with Crippen LogP contribution in [0.15, 0.2) is 18.3 Å². The SMILES string of the molecule is O=[N+]([O-])c1ncccc1NCCC1CCCC1. The second kappa shape index (κ2) is 5.61. The lowest BCUT2D eigenvalue weighted by Crippen LogP contribution is -2.08. The molecule has 0 spiro atoms. The number of nitrogens with zero attached hydrogens (tertiary/aromatic N) is 2. The summed E-state index contributed by atoms with van der Waals surface area (Å²) in [5.74, 6) is 0.706. The molecule has 0 radical (unpaired) electrons. The van der Waals surface area contributed by atoms with Crippen LogP contribution in [0, 0.1) is 16.0 Å². The Labute approximate surface area is 100 Å². The summed E-state index contributed by atoms with van der Waals surface area (Å²) in [7, 11) is 0. The van der Waals surface area contributed by atoms with Crippen molar-refractivity contribution in [3.05, 3.63) is 28.4 Å². The van der Waals surface area contributed by atoms with E-state index in [-0.39, 0.29) is 5.82 Å². The van der Waals surface area contributed by atoms with Gasteiger partial charge in [0.05, 0.1) is 0 Å². The first kappa shape index (κ1) is 11.8. The summed E-state index contributed by atoms with van der Waals surface area (Å²) in [6, 6.07) is 3.42. The summed E-state index contributed by atoms with van der Waals surface area (Å²) in [6.45, 7) is 0.789. The van der Waals surface area contributed by atoms with Gasteiger partial charge in [-0.25, -0.2) is 0 Å². The predicted molar refractivity (Wildman–Crippen MR) is 66.0 cm³/mol. The van der Waals surface area contributed by atoms with Crippen LogP contribution < -0.4 is 5.32 Å². The Hall–Kier alpha value is -1.65. The fourth-order valence-electron chi connectivity index (χ4n) is 2.39. The molecule has 0 aliphatic heterocycles. The van der Waals surface area contributed by atoms with Crippen LogP contribution >= 0.6 is 0 Å². The van der Waals surface area contributed by atoms with Crippen LogP contribution in [-0.4, -0.2) is 16.5 Å². The molecule has 0 unspecified atom stereocenters. The first-order valence-corrected chi connectivity index (χ1v) is 6.10. The summed E-state index contributed by atoms with van der Waals surface area (Å²) in [5.41, 5.74) is 0.524. The molecule has 0 aromatic carbocycles. The minimum Gasteiger partial charge on any atom is -0.378 e. The minimum atomic E-state index is -0.447. The van der Waals surface area contributed by atoms with Crippen molar-refractivity contribution in [1.29, 1.82) is 0 Å². The topological polar surface area (TPSA) is 68.1 Å². The monoisotopic (exact) mass is 235 g/mol. The molecule has 5 heteroatoms. The Morgan fingerprint density at radius 2 is 2.24 bits per heavy atom. The fraction of sp³-hybridized carbons (Fsp3) is 0.583. The standard InChI is InChI=1S/C12H17N3O2/c16-15(17)12-11(6-3-8-14-12)13-9-7-10-4-1-2-5-10/h3,6,8,10,13H,1-2,4-5,7,9H2. The van der Waals surface area contributed by atoms with Gasteiger partial charge in [0.15, 0.2) is 0 Å². The zero-order chi connectivity index (χ0) is 12.1. The number of nitro groups is 1. The van der Waals surface area contributed by atoms with E-state index in [1.165, 1.54) is 31.9 Å². The van der Waals surface area contributed by atoms with Crippen molar-refractivity contribution in [3.8, 4) is 0 Å². The number of rotatable bonds is 5. The van der Waals surface area contributed by atoms with Gasteiger partial charge >= 0.3 is 5.82 Å². The van der Waals surface area contributed by atoms with Gasteiger partial charge in [0.2, 0.25) is 0 Å². The number of nitrogens with one attached hydrogen (secondary N) is 1. The van der Waals surface area contributed by atoms with E-state index in [0.717, 1.165) is 18.9 Å². The molecule has 5 nitrogen and oxygen atoms in total. The molecule has 1 fully saturated rings. The zero-order valence-corrected chi connectivity index (χ0v) is 9.76. The van der Waals surface area contributed by atoms with E-state index in [2.05, 4.69) is 10.3 Å². The quantitative estimate of drug-likeness (QED) is 0.629. The maximum absolute atomic E-state index is 10.7. The second-order valence-corrected chi connectivity index (χ2v) is 4.50. The van der Waals surface area contributed by atoms with Crippen molar-refractivity contribution in [2.24, 2.45) is 5.92 Å². The summed E-state index contributed by atoms with van der Waals surface area (Å²) in [6.07, 6.45) is 7.80. The van der Waals surface area contributed by atoms with Gasteiger partial charge in [-0.15, -0.1) is 0 Å². The molecular weight excluding hydrogens is 218 g/mol. The molecule has 17 heavy (non-hydrogen) atoms. The molecule has 0 atom stereocenters. The third-order valence-electron chi connectivity index (χ3n) is 3.30. The summed E-state index contributed by atoms with van der Waals surface area (Å²) >= 11 is 0. The number of pyridine rings is 1. The Morgan fingerprint density at radius 1 is 1.47 bits per heavy atom. The van der Waals surface area contributed by atoms with Crippen molar-refractivity contribution in [2.45, 2.75) is 32.1 Å². The van der Waals surface area contributed by atoms with Crippen molar-refractivity contribution in [2.75, 3.05) is 11.9 Å². The fourth-order valence-corrected chi connectivity index (χ4v) is 2.39. The van der Waals surface area contributed by atoms with E-state index in [1.54, 1.807) is 12.1 Å². The van der Waals surface area contributed by atoms with Crippen LogP contribution in [0.25, 0.3) is 0 Å². The zero-order valence-electron chi connectivity index (χ0n) is 9.76. The normalized spacial score (nSPS) is 16.0. The van der Waals surface area contributed by atoms with Crippen LogP contribution in [-0.2, 0) is 0 Å². The lowest BCUT2D eigenvalue weighted by molar-refractivity contribution is -0.388. The molecule has 1 aliphatic rings. The average molecular weight is 235 g/mol. The Bertz CT molecular complexity index is 389. The molecule has 2 rings (SSSR count). The highest BCUT2D eigenvalue weighted by atomic mass is 16.6. The van der Waals surface area contributed by atoms with Gasteiger partial charge in [0, 0.05) is 6.54 Å². The lowest BCUT2D eigenvalue weighted by atomic mass is 10.0. The number of hydrogen-bond donors (Lipinski definition) is 1. The molecule has 0 amide bonds. The van der Waals surface area contributed by atoms with Gasteiger partial charge in [0.25, 0.3) is 0 Å². The van der Waals surface area contributed by atoms with Crippen LogP contribution in [0.3, 0.4) is 0 Å². The first-order valence-electron chi connectivity index (χ1n) is 6.10.